The molecule has 0 unspecified atom stereocenters. The standard InChI is InChI=1S/C16H10N6O3/c17-9-11-10-19-21(14-7-3-4-8-18-14)15(11)20-16(23)12-5-1-2-6-13(12)22(24)25/h1-8,10H,(H,20,23). The summed E-state index contributed by atoms with van der Waals surface area (Å²) in [6, 6.07) is 12.6. The van der Waals surface area contributed by atoms with E-state index in [4.69, 9.17) is 0 Å². The average molecular weight is 334 g/mol. The van der Waals surface area contributed by atoms with Crippen molar-refractivity contribution in [3.8, 4) is 11.9 Å². The molecule has 25 heavy (non-hydrogen) atoms. The summed E-state index contributed by atoms with van der Waals surface area (Å²) < 4.78 is 1.28. The van der Waals surface area contributed by atoms with E-state index in [1.165, 1.54) is 41.3 Å². The topological polar surface area (TPSA) is 127 Å². The molecular formula is C16H10N6O3. The number of nitrogens with one attached hydrogen (secondary N) is 1. The zero-order chi connectivity index (χ0) is 17.8. The van der Waals surface area contributed by atoms with Crippen molar-refractivity contribution in [3.05, 3.63) is 76.1 Å². The molecule has 0 saturated carbocycles. The summed E-state index contributed by atoms with van der Waals surface area (Å²) >= 11 is 0. The summed E-state index contributed by atoms with van der Waals surface area (Å²) in [6.45, 7) is 0. The van der Waals surface area contributed by atoms with Crippen LogP contribution in [0.4, 0.5) is 11.5 Å². The predicted octanol–water partition coefficient (Wildman–Crippen LogP) is 2.30. The van der Waals surface area contributed by atoms with Gasteiger partial charge in [0.05, 0.1) is 11.1 Å². The first-order valence-electron chi connectivity index (χ1n) is 7.06. The summed E-state index contributed by atoms with van der Waals surface area (Å²) in [7, 11) is 0. The maximum Gasteiger partial charge on any atom is 0.282 e. The Morgan fingerprint density at radius 2 is 2.00 bits per heavy atom. The van der Waals surface area contributed by atoms with Gasteiger partial charge in [-0.3, -0.25) is 14.9 Å². The summed E-state index contributed by atoms with van der Waals surface area (Å²) in [5.41, 5.74) is -0.342. The van der Waals surface area contributed by atoms with Gasteiger partial charge in [-0.15, -0.1) is 0 Å². The molecule has 3 aromatic rings. The van der Waals surface area contributed by atoms with Gasteiger partial charge >= 0.3 is 0 Å². The van der Waals surface area contributed by atoms with Gasteiger partial charge < -0.3 is 5.32 Å². The van der Waals surface area contributed by atoms with Crippen LogP contribution in [0.15, 0.2) is 54.9 Å². The number of nitro benzene ring substituents is 1. The summed E-state index contributed by atoms with van der Waals surface area (Å²) in [5.74, 6) is -0.243. The van der Waals surface area contributed by atoms with E-state index in [1.807, 2.05) is 6.07 Å². The molecule has 122 valence electrons. The van der Waals surface area contributed by atoms with Crippen LogP contribution in [0.2, 0.25) is 0 Å². The van der Waals surface area contributed by atoms with Gasteiger partial charge in [0.15, 0.2) is 11.6 Å². The second kappa shape index (κ2) is 6.59. The lowest BCUT2D eigenvalue weighted by Crippen LogP contribution is -2.17. The monoisotopic (exact) mass is 334 g/mol. The molecule has 1 N–H and O–H groups in total. The molecule has 0 aliphatic carbocycles. The number of aromatic nitrogens is 3. The van der Waals surface area contributed by atoms with E-state index in [1.54, 1.807) is 18.2 Å². The number of nitrogens with zero attached hydrogens (tertiary/aromatic N) is 5. The van der Waals surface area contributed by atoms with Crippen molar-refractivity contribution in [3.63, 3.8) is 0 Å². The lowest BCUT2D eigenvalue weighted by atomic mass is 10.1. The third-order valence-electron chi connectivity index (χ3n) is 3.33. The minimum atomic E-state index is -0.721. The predicted molar refractivity (Wildman–Crippen MR) is 87.1 cm³/mol. The zero-order valence-corrected chi connectivity index (χ0v) is 12.7. The SMILES string of the molecule is N#Cc1cnn(-c2ccccn2)c1NC(=O)c1ccccc1[N+](=O)[O-]. The average Bonchev–Trinajstić information content (AvgIpc) is 3.05. The number of benzene rings is 1. The van der Waals surface area contributed by atoms with Crippen LogP contribution in [-0.4, -0.2) is 25.6 Å². The highest BCUT2D eigenvalue weighted by atomic mass is 16.6. The molecule has 0 bridgehead atoms. The molecule has 2 aromatic heterocycles. The molecule has 0 atom stereocenters. The fourth-order valence-corrected chi connectivity index (χ4v) is 2.20. The Kier molecular flexibility index (Phi) is 4.17. The molecule has 0 spiro atoms. The minimum absolute atomic E-state index is 0.0874. The quantitative estimate of drug-likeness (QED) is 0.576. The van der Waals surface area contributed by atoms with Crippen LogP contribution >= 0.6 is 0 Å². The van der Waals surface area contributed by atoms with Crippen molar-refractivity contribution < 1.29 is 9.72 Å². The fourth-order valence-electron chi connectivity index (χ4n) is 2.20. The normalized spacial score (nSPS) is 10.0. The van der Waals surface area contributed by atoms with E-state index in [0.29, 0.717) is 5.82 Å². The third kappa shape index (κ3) is 3.04. The first-order valence-corrected chi connectivity index (χ1v) is 7.06. The highest BCUT2D eigenvalue weighted by molar-refractivity contribution is 6.07. The van der Waals surface area contributed by atoms with Gasteiger partial charge in [0.25, 0.3) is 11.6 Å². The molecule has 3 rings (SSSR count). The van der Waals surface area contributed by atoms with Crippen molar-refractivity contribution in [1.82, 2.24) is 14.8 Å². The van der Waals surface area contributed by atoms with Crippen molar-refractivity contribution >= 4 is 17.4 Å². The number of hydrogen-bond acceptors (Lipinski definition) is 6. The summed E-state index contributed by atoms with van der Waals surface area (Å²) in [4.78, 5) is 27.1. The van der Waals surface area contributed by atoms with Gasteiger partial charge in [0.1, 0.15) is 17.2 Å². The number of rotatable bonds is 4. The lowest BCUT2D eigenvalue weighted by molar-refractivity contribution is -0.385. The number of pyridine rings is 1. The first kappa shape index (κ1) is 15.8. The van der Waals surface area contributed by atoms with Gasteiger partial charge in [0, 0.05) is 12.3 Å². The zero-order valence-electron chi connectivity index (χ0n) is 12.7. The molecule has 0 saturated heterocycles. The second-order valence-electron chi connectivity index (χ2n) is 4.85. The molecule has 0 radical (unpaired) electrons. The van der Waals surface area contributed by atoms with Crippen LogP contribution in [0, 0.1) is 21.4 Å². The lowest BCUT2D eigenvalue weighted by Gasteiger charge is -2.09. The highest BCUT2D eigenvalue weighted by Gasteiger charge is 2.22. The highest BCUT2D eigenvalue weighted by Crippen LogP contribution is 2.22. The molecule has 1 aromatic carbocycles. The van der Waals surface area contributed by atoms with Crippen LogP contribution in [0.25, 0.3) is 5.82 Å². The Hall–Kier alpha value is -4.06. The smallest absolute Gasteiger partial charge is 0.282 e. The maximum atomic E-state index is 12.5. The van der Waals surface area contributed by atoms with E-state index in [-0.39, 0.29) is 22.6 Å². The maximum absolute atomic E-state index is 12.5. The van der Waals surface area contributed by atoms with Crippen molar-refractivity contribution in [2.45, 2.75) is 0 Å². The van der Waals surface area contributed by atoms with E-state index in [0.717, 1.165) is 0 Å². The van der Waals surface area contributed by atoms with Gasteiger partial charge in [-0.2, -0.15) is 15.0 Å². The van der Waals surface area contributed by atoms with E-state index >= 15 is 0 Å². The summed E-state index contributed by atoms with van der Waals surface area (Å²) in [6.07, 6.45) is 2.82. The van der Waals surface area contributed by atoms with E-state index < -0.39 is 10.8 Å². The van der Waals surface area contributed by atoms with E-state index in [2.05, 4.69) is 15.4 Å². The Morgan fingerprint density at radius 1 is 1.24 bits per heavy atom. The number of carbonyl (C=O) groups excluding carboxylic acids is 1. The van der Waals surface area contributed by atoms with Crippen molar-refractivity contribution in [1.29, 1.82) is 5.26 Å². The molecular weight excluding hydrogens is 324 g/mol. The molecule has 0 aliphatic heterocycles. The number of amides is 1. The summed E-state index contributed by atoms with van der Waals surface area (Å²) in [5, 5.41) is 26.9. The van der Waals surface area contributed by atoms with E-state index in [9.17, 15) is 20.2 Å². The molecule has 1 amide bonds. The number of nitro groups is 1. The molecule has 9 nitrogen and oxygen atoms in total. The van der Waals surface area contributed by atoms with Crippen LogP contribution in [0.5, 0.6) is 0 Å². The molecule has 9 heteroatoms. The van der Waals surface area contributed by atoms with Crippen molar-refractivity contribution in [2.24, 2.45) is 0 Å². The molecule has 0 fully saturated rings. The Morgan fingerprint density at radius 3 is 2.68 bits per heavy atom. The Bertz CT molecular complexity index is 991. The Balaban J connectivity index is 2.02. The minimum Gasteiger partial charge on any atom is -0.305 e. The second-order valence-corrected chi connectivity index (χ2v) is 4.85. The third-order valence-corrected chi connectivity index (χ3v) is 3.33. The van der Waals surface area contributed by atoms with Gasteiger partial charge in [-0.1, -0.05) is 18.2 Å². The van der Waals surface area contributed by atoms with Gasteiger partial charge in [-0.05, 0) is 18.2 Å². The van der Waals surface area contributed by atoms with Gasteiger partial charge in [0.2, 0.25) is 0 Å². The molecule has 0 aliphatic rings. The molecule has 2 heterocycles. The number of hydrogen-bond donors (Lipinski definition) is 1. The van der Waals surface area contributed by atoms with Crippen LogP contribution in [-0.2, 0) is 0 Å². The number of para-hydroxylation sites is 1. The Labute approximate surface area is 141 Å². The van der Waals surface area contributed by atoms with Crippen LogP contribution in [0.1, 0.15) is 15.9 Å². The number of nitriles is 1. The fraction of sp³-hybridized carbons (Fsp3) is 0. The van der Waals surface area contributed by atoms with Crippen LogP contribution in [0.3, 0.4) is 0 Å². The van der Waals surface area contributed by atoms with Gasteiger partial charge in [-0.25, -0.2) is 4.98 Å². The van der Waals surface area contributed by atoms with Crippen LogP contribution < -0.4 is 5.32 Å². The number of carbonyl (C=O) groups is 1. The largest absolute Gasteiger partial charge is 0.305 e. The first-order chi connectivity index (χ1) is 12.1. The number of anilines is 1. The van der Waals surface area contributed by atoms with Crippen molar-refractivity contribution in [2.75, 3.05) is 5.32 Å².